The van der Waals surface area contributed by atoms with Crippen molar-refractivity contribution in [3.63, 3.8) is 0 Å². The van der Waals surface area contributed by atoms with Gasteiger partial charge in [0.05, 0.1) is 29.0 Å². The highest BCUT2D eigenvalue weighted by Gasteiger charge is 2.14. The molecular formula is C18H11N5. The lowest BCUT2D eigenvalue weighted by atomic mass is 9.92. The second-order valence-corrected chi connectivity index (χ2v) is 5.11. The van der Waals surface area contributed by atoms with Crippen molar-refractivity contribution in [1.29, 1.82) is 5.26 Å². The van der Waals surface area contributed by atoms with Gasteiger partial charge in [-0.05, 0) is 23.8 Å². The summed E-state index contributed by atoms with van der Waals surface area (Å²) in [4.78, 5) is 8.28. The lowest BCUT2D eigenvalue weighted by molar-refractivity contribution is 1.12. The molecule has 4 rings (SSSR count). The fourth-order valence-electron chi connectivity index (χ4n) is 2.71. The third-order valence-electron chi connectivity index (χ3n) is 3.77. The van der Waals surface area contributed by atoms with E-state index in [0.717, 1.165) is 33.3 Å². The van der Waals surface area contributed by atoms with Crippen LogP contribution in [0.15, 0.2) is 61.2 Å². The highest BCUT2D eigenvalue weighted by molar-refractivity contribution is 5.91. The number of nitrogens with one attached hydrogen (secondary N) is 1. The Morgan fingerprint density at radius 1 is 1.09 bits per heavy atom. The number of nitriles is 1. The van der Waals surface area contributed by atoms with Crippen LogP contribution in [0.25, 0.3) is 33.3 Å². The molecule has 4 aromatic rings. The number of aromatic nitrogens is 4. The van der Waals surface area contributed by atoms with Crippen molar-refractivity contribution in [3.8, 4) is 28.5 Å². The molecule has 2 heterocycles. The molecule has 5 nitrogen and oxygen atoms in total. The molecule has 0 fully saturated rings. The lowest BCUT2D eigenvalue weighted by Gasteiger charge is -2.11. The van der Waals surface area contributed by atoms with Crippen LogP contribution in [-0.2, 0) is 0 Å². The van der Waals surface area contributed by atoms with E-state index < -0.39 is 0 Å². The van der Waals surface area contributed by atoms with Crippen molar-refractivity contribution in [2.24, 2.45) is 0 Å². The second-order valence-electron chi connectivity index (χ2n) is 5.11. The van der Waals surface area contributed by atoms with E-state index in [1.807, 2.05) is 42.5 Å². The zero-order chi connectivity index (χ0) is 15.6. The molecule has 0 saturated carbocycles. The molecule has 0 aliphatic heterocycles. The fraction of sp³-hybridized carbons (Fsp3) is 0. The van der Waals surface area contributed by atoms with Gasteiger partial charge in [-0.15, -0.1) is 0 Å². The summed E-state index contributed by atoms with van der Waals surface area (Å²) in [6.07, 6.45) is 4.99. The van der Waals surface area contributed by atoms with Crippen LogP contribution in [0, 0.1) is 11.3 Å². The standard InChI is InChI=1S/C18H11N5/c19-9-13-2-1-3-15(16-6-7-20-11-21-16)18(13)12-4-5-14-10-22-23-17(14)8-12/h1-8,10-11H,(H,22,23). The molecule has 0 atom stereocenters. The van der Waals surface area contributed by atoms with E-state index >= 15 is 0 Å². The van der Waals surface area contributed by atoms with Gasteiger partial charge in [0.15, 0.2) is 0 Å². The van der Waals surface area contributed by atoms with Crippen LogP contribution in [0.4, 0.5) is 0 Å². The number of fused-ring (bicyclic) bond motifs is 1. The Labute approximate surface area is 132 Å². The maximum absolute atomic E-state index is 9.52. The molecule has 0 saturated heterocycles. The molecule has 0 radical (unpaired) electrons. The van der Waals surface area contributed by atoms with Gasteiger partial charge in [-0.1, -0.05) is 24.3 Å². The Balaban J connectivity index is 2.01. The van der Waals surface area contributed by atoms with Gasteiger partial charge < -0.3 is 0 Å². The molecule has 2 aromatic heterocycles. The average Bonchev–Trinajstić information content (AvgIpc) is 3.09. The number of nitrogens with zero attached hydrogens (tertiary/aromatic N) is 4. The summed E-state index contributed by atoms with van der Waals surface area (Å²) in [5.41, 5.74) is 5.06. The minimum atomic E-state index is 0.611. The summed E-state index contributed by atoms with van der Waals surface area (Å²) in [6.45, 7) is 0. The third kappa shape index (κ3) is 2.23. The van der Waals surface area contributed by atoms with E-state index in [-0.39, 0.29) is 0 Å². The lowest BCUT2D eigenvalue weighted by Crippen LogP contribution is -1.92. The van der Waals surface area contributed by atoms with Gasteiger partial charge in [-0.2, -0.15) is 10.4 Å². The van der Waals surface area contributed by atoms with Gasteiger partial charge in [0.25, 0.3) is 0 Å². The largest absolute Gasteiger partial charge is 0.278 e. The molecule has 108 valence electrons. The summed E-state index contributed by atoms with van der Waals surface area (Å²) in [6, 6.07) is 15.8. The highest BCUT2D eigenvalue weighted by atomic mass is 15.1. The van der Waals surface area contributed by atoms with Crippen molar-refractivity contribution in [2.75, 3.05) is 0 Å². The summed E-state index contributed by atoms with van der Waals surface area (Å²) >= 11 is 0. The number of benzene rings is 2. The van der Waals surface area contributed by atoms with Crippen LogP contribution < -0.4 is 0 Å². The van der Waals surface area contributed by atoms with Crippen LogP contribution in [0.5, 0.6) is 0 Å². The van der Waals surface area contributed by atoms with Gasteiger partial charge in [-0.3, -0.25) is 5.10 Å². The van der Waals surface area contributed by atoms with Crippen LogP contribution >= 0.6 is 0 Å². The van der Waals surface area contributed by atoms with Crippen molar-refractivity contribution < 1.29 is 0 Å². The smallest absolute Gasteiger partial charge is 0.116 e. The van der Waals surface area contributed by atoms with Crippen molar-refractivity contribution in [3.05, 3.63) is 66.7 Å². The van der Waals surface area contributed by atoms with Crippen LogP contribution in [0.2, 0.25) is 0 Å². The second kappa shape index (κ2) is 5.35. The molecule has 0 unspecified atom stereocenters. The maximum Gasteiger partial charge on any atom is 0.116 e. The van der Waals surface area contributed by atoms with Crippen molar-refractivity contribution in [2.45, 2.75) is 0 Å². The molecule has 0 spiro atoms. The Morgan fingerprint density at radius 2 is 2.04 bits per heavy atom. The predicted molar refractivity (Wildman–Crippen MR) is 87.3 cm³/mol. The van der Waals surface area contributed by atoms with Crippen LogP contribution in [0.1, 0.15) is 5.56 Å². The first-order valence-corrected chi connectivity index (χ1v) is 7.10. The number of rotatable bonds is 2. The molecule has 1 N–H and O–H groups in total. The molecule has 23 heavy (non-hydrogen) atoms. The van der Waals surface area contributed by atoms with Crippen LogP contribution in [0.3, 0.4) is 0 Å². The zero-order valence-corrected chi connectivity index (χ0v) is 12.1. The minimum absolute atomic E-state index is 0.611. The average molecular weight is 297 g/mol. The molecule has 0 bridgehead atoms. The quantitative estimate of drug-likeness (QED) is 0.613. The van der Waals surface area contributed by atoms with E-state index in [1.54, 1.807) is 12.4 Å². The van der Waals surface area contributed by atoms with Gasteiger partial charge in [-0.25, -0.2) is 9.97 Å². The first-order valence-electron chi connectivity index (χ1n) is 7.10. The molecular weight excluding hydrogens is 286 g/mol. The van der Waals surface area contributed by atoms with Gasteiger partial charge in [0.2, 0.25) is 0 Å². The van der Waals surface area contributed by atoms with Crippen LogP contribution in [-0.4, -0.2) is 20.2 Å². The molecule has 0 aliphatic carbocycles. The number of aromatic amines is 1. The van der Waals surface area contributed by atoms with Gasteiger partial charge in [0, 0.05) is 22.7 Å². The van der Waals surface area contributed by atoms with Gasteiger partial charge in [0.1, 0.15) is 6.33 Å². The third-order valence-corrected chi connectivity index (χ3v) is 3.77. The van der Waals surface area contributed by atoms with E-state index in [9.17, 15) is 5.26 Å². The zero-order valence-electron chi connectivity index (χ0n) is 12.1. The highest BCUT2D eigenvalue weighted by Crippen LogP contribution is 2.34. The summed E-state index contributed by atoms with van der Waals surface area (Å²) < 4.78 is 0. The molecule has 0 amide bonds. The number of H-pyrrole nitrogens is 1. The Kier molecular flexibility index (Phi) is 3.06. The van der Waals surface area contributed by atoms with E-state index in [1.165, 1.54) is 6.33 Å². The monoisotopic (exact) mass is 297 g/mol. The Hall–Kier alpha value is -3.52. The predicted octanol–water partition coefficient (Wildman–Crippen LogP) is 3.56. The topological polar surface area (TPSA) is 78.2 Å². The molecule has 0 aliphatic rings. The van der Waals surface area contributed by atoms with E-state index in [0.29, 0.717) is 5.56 Å². The SMILES string of the molecule is N#Cc1cccc(-c2ccncn2)c1-c1ccc2cn[nH]c2c1. The maximum atomic E-state index is 9.52. The summed E-state index contributed by atoms with van der Waals surface area (Å²) in [7, 11) is 0. The number of hydrogen-bond donors (Lipinski definition) is 1. The fourth-order valence-corrected chi connectivity index (χ4v) is 2.71. The van der Waals surface area contributed by atoms with E-state index in [2.05, 4.69) is 26.2 Å². The summed E-state index contributed by atoms with van der Waals surface area (Å²) in [5.74, 6) is 0. The Bertz CT molecular complexity index is 1030. The summed E-state index contributed by atoms with van der Waals surface area (Å²) in [5, 5.41) is 17.6. The molecule has 2 aromatic carbocycles. The van der Waals surface area contributed by atoms with Crippen molar-refractivity contribution >= 4 is 10.9 Å². The normalized spacial score (nSPS) is 10.6. The van der Waals surface area contributed by atoms with Crippen molar-refractivity contribution in [1.82, 2.24) is 20.2 Å². The van der Waals surface area contributed by atoms with Gasteiger partial charge >= 0.3 is 0 Å². The minimum Gasteiger partial charge on any atom is -0.278 e. The van der Waals surface area contributed by atoms with E-state index in [4.69, 9.17) is 0 Å². The first-order chi connectivity index (χ1) is 11.4. The first kappa shape index (κ1) is 13.2. The number of hydrogen-bond acceptors (Lipinski definition) is 4. The molecule has 5 heteroatoms. The Morgan fingerprint density at radius 3 is 2.87 bits per heavy atom.